The van der Waals surface area contributed by atoms with Gasteiger partial charge in [0.1, 0.15) is 0 Å². The predicted octanol–water partition coefficient (Wildman–Crippen LogP) is 4.44. The van der Waals surface area contributed by atoms with Crippen LogP contribution in [0.25, 0.3) is 0 Å². The van der Waals surface area contributed by atoms with Crippen molar-refractivity contribution in [3.8, 4) is 0 Å². The van der Waals surface area contributed by atoms with Crippen molar-refractivity contribution >= 4 is 17.6 Å². The molecule has 2 aromatic carbocycles. The lowest BCUT2D eigenvalue weighted by atomic mass is 10.0. The molecule has 166 valence electrons. The summed E-state index contributed by atoms with van der Waals surface area (Å²) >= 11 is 5.98. The minimum Gasteiger partial charge on any atom is -0.336 e. The summed E-state index contributed by atoms with van der Waals surface area (Å²) in [5, 5.41) is 7.11. The van der Waals surface area contributed by atoms with E-state index >= 15 is 0 Å². The molecule has 2 aliphatic heterocycles. The van der Waals surface area contributed by atoms with Crippen molar-refractivity contribution in [2.75, 3.05) is 32.7 Å². The molecule has 0 radical (unpaired) electrons. The van der Waals surface area contributed by atoms with E-state index in [9.17, 15) is 4.79 Å². The number of carbonyl (C=O) groups is 1. The summed E-state index contributed by atoms with van der Waals surface area (Å²) < 4.78 is 0. The highest BCUT2D eigenvalue weighted by Crippen LogP contribution is 2.24. The number of carbonyl (C=O) groups excluding carboxylic acids is 1. The molecule has 5 nitrogen and oxygen atoms in total. The topological polar surface area (TPSA) is 47.6 Å². The van der Waals surface area contributed by atoms with Crippen molar-refractivity contribution in [3.63, 3.8) is 0 Å². The van der Waals surface area contributed by atoms with Crippen LogP contribution in [0.4, 0.5) is 4.79 Å². The van der Waals surface area contributed by atoms with E-state index in [1.54, 1.807) is 0 Å². The number of hydrogen-bond donors (Lipinski definition) is 2. The van der Waals surface area contributed by atoms with Gasteiger partial charge in [0.15, 0.2) is 0 Å². The molecule has 4 rings (SSSR count). The largest absolute Gasteiger partial charge is 0.336 e. The lowest BCUT2D eigenvalue weighted by molar-refractivity contribution is 0.184. The smallest absolute Gasteiger partial charge is 0.315 e. The normalized spacial score (nSPS) is 19.3. The molecule has 0 spiro atoms. The summed E-state index contributed by atoms with van der Waals surface area (Å²) in [6, 6.07) is 19.0. The summed E-state index contributed by atoms with van der Waals surface area (Å²) in [4.78, 5) is 17.5. The monoisotopic (exact) mass is 440 g/mol. The van der Waals surface area contributed by atoms with Gasteiger partial charge in [0, 0.05) is 37.2 Å². The first-order chi connectivity index (χ1) is 15.2. The van der Waals surface area contributed by atoms with Crippen molar-refractivity contribution in [3.05, 3.63) is 70.7 Å². The van der Waals surface area contributed by atoms with E-state index in [1.165, 1.54) is 24.0 Å². The van der Waals surface area contributed by atoms with Gasteiger partial charge >= 0.3 is 6.03 Å². The molecule has 0 aromatic heterocycles. The third kappa shape index (κ3) is 6.45. The first kappa shape index (κ1) is 22.1. The number of rotatable bonds is 7. The van der Waals surface area contributed by atoms with Crippen LogP contribution >= 0.6 is 11.6 Å². The molecule has 0 bridgehead atoms. The number of likely N-dealkylation sites (tertiary alicyclic amines) is 2. The van der Waals surface area contributed by atoms with Crippen LogP contribution in [0.15, 0.2) is 54.6 Å². The zero-order valence-corrected chi connectivity index (χ0v) is 18.9. The summed E-state index contributed by atoms with van der Waals surface area (Å²) in [5.41, 5.74) is 2.56. The average Bonchev–Trinajstić information content (AvgIpc) is 3.32. The van der Waals surface area contributed by atoms with Gasteiger partial charge in [0.2, 0.25) is 0 Å². The fourth-order valence-corrected chi connectivity index (χ4v) is 4.82. The van der Waals surface area contributed by atoms with E-state index in [0.717, 1.165) is 50.6 Å². The number of nitrogens with zero attached hydrogens (tertiary/aromatic N) is 2. The highest BCUT2D eigenvalue weighted by Gasteiger charge is 2.25. The number of hydrogen-bond acceptors (Lipinski definition) is 3. The van der Waals surface area contributed by atoms with Crippen molar-refractivity contribution in [2.24, 2.45) is 0 Å². The lowest BCUT2D eigenvalue weighted by Gasteiger charge is -2.33. The molecule has 2 saturated heterocycles. The van der Waals surface area contributed by atoms with Gasteiger partial charge in [-0.15, -0.1) is 0 Å². The number of benzene rings is 2. The van der Waals surface area contributed by atoms with Crippen LogP contribution in [0.3, 0.4) is 0 Å². The van der Waals surface area contributed by atoms with E-state index in [1.807, 2.05) is 18.2 Å². The van der Waals surface area contributed by atoms with Crippen LogP contribution in [0.5, 0.6) is 0 Å². The highest BCUT2D eigenvalue weighted by atomic mass is 35.5. The zero-order chi connectivity index (χ0) is 21.5. The maximum absolute atomic E-state index is 12.6. The summed E-state index contributed by atoms with van der Waals surface area (Å²) in [6.45, 7) is 5.78. The first-order valence-corrected chi connectivity index (χ1v) is 11.9. The van der Waals surface area contributed by atoms with Gasteiger partial charge in [-0.3, -0.25) is 9.80 Å². The lowest BCUT2D eigenvalue weighted by Crippen LogP contribution is -2.49. The first-order valence-electron chi connectivity index (χ1n) is 11.5. The van der Waals surface area contributed by atoms with Crippen molar-refractivity contribution in [2.45, 2.75) is 44.3 Å². The van der Waals surface area contributed by atoms with Crippen LogP contribution in [0, 0.1) is 0 Å². The van der Waals surface area contributed by atoms with Gasteiger partial charge < -0.3 is 10.6 Å². The number of nitrogens with one attached hydrogen (secondary N) is 2. The second kappa shape index (κ2) is 11.0. The molecular weight excluding hydrogens is 408 g/mol. The van der Waals surface area contributed by atoms with E-state index in [0.29, 0.717) is 6.54 Å². The van der Waals surface area contributed by atoms with Crippen LogP contribution < -0.4 is 10.6 Å². The number of halogens is 1. The van der Waals surface area contributed by atoms with Crippen molar-refractivity contribution < 1.29 is 4.79 Å². The molecule has 1 unspecified atom stereocenters. The molecule has 2 fully saturated rings. The Morgan fingerprint density at radius 3 is 2.32 bits per heavy atom. The molecule has 2 aromatic rings. The summed E-state index contributed by atoms with van der Waals surface area (Å²) in [5.74, 6) is 0. The molecule has 2 heterocycles. The van der Waals surface area contributed by atoms with Crippen molar-refractivity contribution in [1.82, 2.24) is 20.4 Å². The Hall–Kier alpha value is -2.08. The van der Waals surface area contributed by atoms with Gasteiger partial charge in [-0.2, -0.15) is 0 Å². The van der Waals surface area contributed by atoms with E-state index < -0.39 is 0 Å². The summed E-state index contributed by atoms with van der Waals surface area (Å²) in [7, 11) is 0. The molecule has 0 saturated carbocycles. The van der Waals surface area contributed by atoms with Gasteiger partial charge in [-0.05, 0) is 62.0 Å². The quantitative estimate of drug-likeness (QED) is 0.669. The molecular formula is C25H33ClN4O. The number of piperidine rings is 1. The standard InChI is InChI=1S/C25H33ClN4O/c26-22-10-8-20(9-11-22)19-29-16-12-23(13-17-29)28-25(31)27-18-24(30-14-4-5-15-30)21-6-2-1-3-7-21/h1-3,6-11,23-24H,4-5,12-19H2,(H2,27,28,31). The van der Waals surface area contributed by atoms with E-state index in [2.05, 4.69) is 56.8 Å². The van der Waals surface area contributed by atoms with E-state index in [4.69, 9.17) is 11.6 Å². The van der Waals surface area contributed by atoms with Gasteiger partial charge in [-0.25, -0.2) is 4.79 Å². The highest BCUT2D eigenvalue weighted by molar-refractivity contribution is 6.30. The Kier molecular flexibility index (Phi) is 7.84. The Morgan fingerprint density at radius 1 is 0.968 bits per heavy atom. The van der Waals surface area contributed by atoms with Crippen LogP contribution in [-0.4, -0.2) is 54.6 Å². The fourth-order valence-electron chi connectivity index (χ4n) is 4.70. The second-order valence-corrected chi connectivity index (χ2v) is 9.14. The molecule has 2 aliphatic rings. The van der Waals surface area contributed by atoms with Crippen molar-refractivity contribution in [1.29, 1.82) is 0 Å². The van der Waals surface area contributed by atoms with Gasteiger partial charge in [0.25, 0.3) is 0 Å². The molecule has 31 heavy (non-hydrogen) atoms. The summed E-state index contributed by atoms with van der Waals surface area (Å²) in [6.07, 6.45) is 4.44. The Morgan fingerprint density at radius 2 is 1.65 bits per heavy atom. The molecule has 2 N–H and O–H groups in total. The molecule has 1 atom stereocenters. The minimum atomic E-state index is -0.0451. The average molecular weight is 441 g/mol. The second-order valence-electron chi connectivity index (χ2n) is 8.70. The SMILES string of the molecule is O=C(NCC(c1ccccc1)N1CCCC1)NC1CCN(Cc2ccc(Cl)cc2)CC1. The third-order valence-corrected chi connectivity index (χ3v) is 6.72. The fraction of sp³-hybridized carbons (Fsp3) is 0.480. The van der Waals surface area contributed by atoms with Crippen LogP contribution in [0.2, 0.25) is 5.02 Å². The maximum atomic E-state index is 12.6. The van der Waals surface area contributed by atoms with Crippen LogP contribution in [-0.2, 0) is 6.54 Å². The molecule has 6 heteroatoms. The predicted molar refractivity (Wildman–Crippen MR) is 126 cm³/mol. The van der Waals surface area contributed by atoms with Crippen LogP contribution in [0.1, 0.15) is 42.9 Å². The molecule has 2 amide bonds. The van der Waals surface area contributed by atoms with Gasteiger partial charge in [0.05, 0.1) is 6.04 Å². The zero-order valence-electron chi connectivity index (χ0n) is 18.1. The minimum absolute atomic E-state index is 0.0451. The third-order valence-electron chi connectivity index (χ3n) is 6.46. The Balaban J connectivity index is 1.22. The maximum Gasteiger partial charge on any atom is 0.315 e. The van der Waals surface area contributed by atoms with E-state index in [-0.39, 0.29) is 18.1 Å². The molecule has 0 aliphatic carbocycles. The number of amides is 2. The van der Waals surface area contributed by atoms with Gasteiger partial charge in [-0.1, -0.05) is 54.1 Å². The Labute approximate surface area is 190 Å². The Bertz CT molecular complexity index is 815. The number of urea groups is 1.